The van der Waals surface area contributed by atoms with Crippen molar-refractivity contribution in [1.82, 2.24) is 15.1 Å². The largest absolute Gasteiger partial charge is 0.305 e. The van der Waals surface area contributed by atoms with Crippen LogP contribution in [0, 0.1) is 6.92 Å². The van der Waals surface area contributed by atoms with Gasteiger partial charge in [-0.25, -0.2) is 0 Å². The van der Waals surface area contributed by atoms with Crippen molar-refractivity contribution >= 4 is 27.5 Å². The number of hydrogen-bond acceptors (Lipinski definition) is 2. The summed E-state index contributed by atoms with van der Waals surface area (Å²) in [4.78, 5) is 0. The predicted octanol–water partition coefficient (Wildman–Crippen LogP) is 4.89. The van der Waals surface area contributed by atoms with Gasteiger partial charge in [-0.2, -0.15) is 5.10 Å². The lowest BCUT2D eigenvalue weighted by molar-refractivity contribution is 0.474. The van der Waals surface area contributed by atoms with Crippen LogP contribution in [0.3, 0.4) is 0 Å². The number of benzene rings is 1. The van der Waals surface area contributed by atoms with Gasteiger partial charge in [0.25, 0.3) is 0 Å². The highest BCUT2D eigenvalue weighted by atomic mass is 79.9. The molecule has 1 unspecified atom stereocenters. The molecule has 0 aliphatic carbocycles. The van der Waals surface area contributed by atoms with Crippen LogP contribution in [0.25, 0.3) is 0 Å². The van der Waals surface area contributed by atoms with Crippen LogP contribution in [-0.2, 0) is 0 Å². The number of nitrogens with zero attached hydrogens (tertiary/aromatic N) is 2. The van der Waals surface area contributed by atoms with Crippen molar-refractivity contribution in [2.45, 2.75) is 39.8 Å². The highest BCUT2D eigenvalue weighted by Gasteiger charge is 2.23. The first kappa shape index (κ1) is 16.5. The molecule has 2 aromatic rings. The Morgan fingerprint density at radius 1 is 1.38 bits per heavy atom. The smallest absolute Gasteiger partial charge is 0.0763 e. The van der Waals surface area contributed by atoms with E-state index in [9.17, 15) is 0 Å². The van der Waals surface area contributed by atoms with Crippen LogP contribution in [0.15, 0.2) is 28.9 Å². The molecule has 2 rings (SSSR count). The van der Waals surface area contributed by atoms with Gasteiger partial charge >= 0.3 is 0 Å². The Morgan fingerprint density at radius 2 is 2.10 bits per heavy atom. The summed E-state index contributed by atoms with van der Waals surface area (Å²) < 4.78 is 3.07. The average molecular weight is 371 g/mol. The highest BCUT2D eigenvalue weighted by molar-refractivity contribution is 9.10. The fourth-order valence-electron chi connectivity index (χ4n) is 2.51. The van der Waals surface area contributed by atoms with Gasteiger partial charge in [0.15, 0.2) is 0 Å². The molecular weight excluding hydrogens is 350 g/mol. The first-order valence-corrected chi connectivity index (χ1v) is 8.35. The molecule has 0 fully saturated rings. The van der Waals surface area contributed by atoms with E-state index in [0.717, 1.165) is 21.7 Å². The van der Waals surface area contributed by atoms with Gasteiger partial charge in [0.2, 0.25) is 0 Å². The number of halogens is 2. The second-order valence-electron chi connectivity index (χ2n) is 5.41. The van der Waals surface area contributed by atoms with Crippen LogP contribution >= 0.6 is 27.5 Å². The van der Waals surface area contributed by atoms with Crippen LogP contribution in [0.5, 0.6) is 0 Å². The van der Waals surface area contributed by atoms with E-state index < -0.39 is 0 Å². The Morgan fingerprint density at radius 3 is 2.71 bits per heavy atom. The predicted molar refractivity (Wildman–Crippen MR) is 92.0 cm³/mol. The average Bonchev–Trinajstić information content (AvgIpc) is 2.81. The van der Waals surface area contributed by atoms with Crippen LogP contribution in [0.1, 0.15) is 49.7 Å². The van der Waals surface area contributed by atoms with Gasteiger partial charge in [-0.15, -0.1) is 0 Å². The molecule has 0 saturated carbocycles. The molecule has 21 heavy (non-hydrogen) atoms. The summed E-state index contributed by atoms with van der Waals surface area (Å²) in [6.45, 7) is 9.36. The molecule has 0 bridgehead atoms. The summed E-state index contributed by atoms with van der Waals surface area (Å²) in [6.07, 6.45) is 1.86. The summed E-state index contributed by atoms with van der Waals surface area (Å²) in [5.41, 5.74) is 3.54. The second-order valence-corrected chi connectivity index (χ2v) is 6.70. The second kappa shape index (κ2) is 6.95. The minimum absolute atomic E-state index is 0.0629. The molecule has 0 radical (unpaired) electrons. The monoisotopic (exact) mass is 369 g/mol. The van der Waals surface area contributed by atoms with Gasteiger partial charge in [-0.1, -0.05) is 24.6 Å². The molecule has 0 spiro atoms. The number of aromatic nitrogens is 2. The Kier molecular flexibility index (Phi) is 5.47. The standard InChI is InChI=1S/C16H21BrClN3/c1-5-19-15(13-8-12(18)7-6-11(13)4)16-14(17)9-20-21(16)10(2)3/h6-10,15,19H,5H2,1-4H3. The zero-order valence-corrected chi connectivity index (χ0v) is 15.2. The van der Waals surface area contributed by atoms with E-state index in [2.05, 4.69) is 64.8 Å². The third-order valence-corrected chi connectivity index (χ3v) is 4.36. The maximum atomic E-state index is 6.20. The maximum Gasteiger partial charge on any atom is 0.0763 e. The van der Waals surface area contributed by atoms with E-state index in [1.165, 1.54) is 11.1 Å². The Balaban J connectivity index is 2.59. The summed E-state index contributed by atoms with van der Waals surface area (Å²) >= 11 is 9.84. The maximum absolute atomic E-state index is 6.20. The summed E-state index contributed by atoms with van der Waals surface area (Å²) in [6, 6.07) is 6.39. The van der Waals surface area contributed by atoms with Crippen molar-refractivity contribution in [2.75, 3.05) is 6.54 Å². The minimum atomic E-state index is 0.0629. The van der Waals surface area contributed by atoms with Crippen LogP contribution in [0.2, 0.25) is 5.02 Å². The molecule has 114 valence electrons. The van der Waals surface area contributed by atoms with Crippen LogP contribution in [-0.4, -0.2) is 16.3 Å². The zero-order chi connectivity index (χ0) is 15.6. The number of hydrogen-bond donors (Lipinski definition) is 1. The SMILES string of the molecule is CCNC(c1cc(Cl)ccc1C)c1c(Br)cnn1C(C)C. The topological polar surface area (TPSA) is 29.9 Å². The van der Waals surface area contributed by atoms with Gasteiger partial charge < -0.3 is 5.32 Å². The third-order valence-electron chi connectivity index (χ3n) is 3.51. The van der Waals surface area contributed by atoms with E-state index in [-0.39, 0.29) is 6.04 Å². The molecule has 3 nitrogen and oxygen atoms in total. The van der Waals surface area contributed by atoms with Crippen molar-refractivity contribution in [2.24, 2.45) is 0 Å². The minimum Gasteiger partial charge on any atom is -0.305 e. The van der Waals surface area contributed by atoms with Gasteiger partial charge in [0, 0.05) is 11.1 Å². The molecule has 1 aromatic carbocycles. The van der Waals surface area contributed by atoms with Crippen molar-refractivity contribution in [1.29, 1.82) is 0 Å². The lowest BCUT2D eigenvalue weighted by Crippen LogP contribution is -2.26. The molecule has 0 aliphatic heterocycles. The normalized spacial score (nSPS) is 12.9. The van der Waals surface area contributed by atoms with Crippen molar-refractivity contribution in [3.8, 4) is 0 Å². The van der Waals surface area contributed by atoms with Gasteiger partial charge in [0.1, 0.15) is 0 Å². The number of rotatable bonds is 5. The first-order valence-electron chi connectivity index (χ1n) is 7.18. The number of nitrogens with one attached hydrogen (secondary N) is 1. The molecular formula is C16H21BrClN3. The van der Waals surface area contributed by atoms with Crippen LogP contribution in [0.4, 0.5) is 0 Å². The van der Waals surface area contributed by atoms with Gasteiger partial charge in [-0.3, -0.25) is 4.68 Å². The highest BCUT2D eigenvalue weighted by Crippen LogP contribution is 2.33. The van der Waals surface area contributed by atoms with Crippen molar-refractivity contribution in [3.05, 3.63) is 50.7 Å². The Hall–Kier alpha value is -0.840. The lowest BCUT2D eigenvalue weighted by Gasteiger charge is -2.24. The molecule has 1 aromatic heterocycles. The molecule has 1 atom stereocenters. The third kappa shape index (κ3) is 3.50. The fraction of sp³-hybridized carbons (Fsp3) is 0.438. The van der Waals surface area contributed by atoms with E-state index in [4.69, 9.17) is 11.6 Å². The molecule has 0 amide bonds. The molecule has 0 saturated heterocycles. The van der Waals surface area contributed by atoms with Gasteiger partial charge in [-0.05, 0) is 66.5 Å². The molecule has 1 heterocycles. The molecule has 5 heteroatoms. The fourth-order valence-corrected chi connectivity index (χ4v) is 3.20. The summed E-state index contributed by atoms with van der Waals surface area (Å²) in [7, 11) is 0. The summed E-state index contributed by atoms with van der Waals surface area (Å²) in [5, 5.41) is 8.80. The first-order chi connectivity index (χ1) is 9.95. The summed E-state index contributed by atoms with van der Waals surface area (Å²) in [5.74, 6) is 0. The Labute approximate surface area is 139 Å². The zero-order valence-electron chi connectivity index (χ0n) is 12.8. The number of aryl methyl sites for hydroxylation is 1. The van der Waals surface area contributed by atoms with E-state index in [0.29, 0.717) is 6.04 Å². The van der Waals surface area contributed by atoms with Crippen molar-refractivity contribution < 1.29 is 0 Å². The van der Waals surface area contributed by atoms with E-state index in [1.807, 2.05) is 18.3 Å². The quantitative estimate of drug-likeness (QED) is 0.812. The van der Waals surface area contributed by atoms with E-state index >= 15 is 0 Å². The van der Waals surface area contributed by atoms with Crippen LogP contribution < -0.4 is 5.32 Å². The molecule has 0 aliphatic rings. The van der Waals surface area contributed by atoms with Gasteiger partial charge in [0.05, 0.1) is 22.4 Å². The molecule has 1 N–H and O–H groups in total. The lowest BCUT2D eigenvalue weighted by atomic mass is 9.98. The Bertz CT molecular complexity index is 622. The van der Waals surface area contributed by atoms with E-state index in [1.54, 1.807) is 0 Å². The van der Waals surface area contributed by atoms with Crippen molar-refractivity contribution in [3.63, 3.8) is 0 Å².